The summed E-state index contributed by atoms with van der Waals surface area (Å²) in [5.74, 6) is 1.33. The third-order valence-electron chi connectivity index (χ3n) is 6.47. The van der Waals surface area contributed by atoms with Crippen molar-refractivity contribution in [2.45, 2.75) is 19.9 Å². The van der Waals surface area contributed by atoms with Gasteiger partial charge >= 0.3 is 5.97 Å². The molecule has 4 heterocycles. The standard InChI is InChI=1S/C28H21N3O8S/c1-3-36-27(33)24-15(2)29-28-30(25(24)17-7-9-21-22(12-17)38-14-37-21)26(32)23(40-28)13-19-8-10-20(39-19)16-5-4-6-18(11-16)31(34)35/h4-13,25H,3,14H2,1-2H3. The lowest BCUT2D eigenvalue weighted by Crippen LogP contribution is -2.39. The van der Waals surface area contributed by atoms with E-state index in [0.717, 1.165) is 11.3 Å². The number of benzene rings is 2. The van der Waals surface area contributed by atoms with Crippen molar-refractivity contribution in [3.63, 3.8) is 0 Å². The number of esters is 1. The number of fused-ring (bicyclic) bond motifs is 2. The summed E-state index contributed by atoms with van der Waals surface area (Å²) < 4.78 is 24.0. The fourth-order valence-corrected chi connectivity index (χ4v) is 5.70. The first-order valence-electron chi connectivity index (χ1n) is 12.3. The van der Waals surface area contributed by atoms with Crippen LogP contribution in [0.3, 0.4) is 0 Å². The smallest absolute Gasteiger partial charge is 0.338 e. The molecule has 2 aromatic carbocycles. The molecule has 0 amide bonds. The van der Waals surface area contributed by atoms with E-state index in [4.69, 9.17) is 18.6 Å². The molecule has 0 aliphatic carbocycles. The van der Waals surface area contributed by atoms with Crippen molar-refractivity contribution in [3.8, 4) is 22.8 Å². The van der Waals surface area contributed by atoms with E-state index in [1.54, 1.807) is 62.4 Å². The molecule has 0 radical (unpaired) electrons. The maximum absolute atomic E-state index is 13.8. The predicted octanol–water partition coefficient (Wildman–Crippen LogP) is 3.70. The molecule has 2 aromatic heterocycles. The van der Waals surface area contributed by atoms with Crippen molar-refractivity contribution in [2.24, 2.45) is 4.99 Å². The van der Waals surface area contributed by atoms with Gasteiger partial charge in [-0.05, 0) is 43.7 Å². The summed E-state index contributed by atoms with van der Waals surface area (Å²) in [6.45, 7) is 3.67. The van der Waals surface area contributed by atoms with Gasteiger partial charge in [0.2, 0.25) is 6.79 Å². The first-order chi connectivity index (χ1) is 19.3. The number of furan rings is 1. The van der Waals surface area contributed by atoms with Gasteiger partial charge in [0.05, 0.1) is 33.4 Å². The van der Waals surface area contributed by atoms with Crippen molar-refractivity contribution in [1.82, 2.24) is 4.57 Å². The zero-order valence-electron chi connectivity index (χ0n) is 21.3. The normalized spacial score (nSPS) is 16.1. The number of nitrogens with zero attached hydrogens (tertiary/aromatic N) is 3. The predicted molar refractivity (Wildman–Crippen MR) is 144 cm³/mol. The number of carbonyl (C=O) groups is 1. The Kier molecular flexibility index (Phi) is 6.31. The van der Waals surface area contributed by atoms with Gasteiger partial charge in [-0.3, -0.25) is 19.5 Å². The minimum absolute atomic E-state index is 0.0555. The summed E-state index contributed by atoms with van der Waals surface area (Å²) in [5, 5.41) is 11.2. The second kappa shape index (κ2) is 9.97. The van der Waals surface area contributed by atoms with Crippen molar-refractivity contribution >= 4 is 29.1 Å². The molecule has 1 unspecified atom stereocenters. The molecule has 2 aliphatic heterocycles. The van der Waals surface area contributed by atoms with E-state index < -0.39 is 16.9 Å². The second-order valence-electron chi connectivity index (χ2n) is 8.92. The SMILES string of the molecule is CCOC(=O)C1=C(C)N=c2sc(=Cc3ccc(-c4cccc([N+](=O)[O-])c4)o3)c(=O)n2C1c1ccc2c(c1)OCO2. The fourth-order valence-electron chi connectivity index (χ4n) is 4.68. The highest BCUT2D eigenvalue weighted by atomic mass is 32.1. The summed E-state index contributed by atoms with van der Waals surface area (Å²) in [4.78, 5) is 42.5. The van der Waals surface area contributed by atoms with Crippen LogP contribution in [0.1, 0.15) is 31.2 Å². The van der Waals surface area contributed by atoms with Gasteiger partial charge < -0.3 is 18.6 Å². The van der Waals surface area contributed by atoms with E-state index >= 15 is 0 Å². The Morgan fingerprint density at radius 3 is 2.83 bits per heavy atom. The number of thiazole rings is 1. The molecule has 202 valence electrons. The molecule has 0 bridgehead atoms. The van der Waals surface area contributed by atoms with E-state index in [1.165, 1.54) is 16.7 Å². The number of nitro benzene ring substituents is 1. The lowest BCUT2D eigenvalue weighted by Gasteiger charge is -2.24. The van der Waals surface area contributed by atoms with Crippen molar-refractivity contribution in [2.75, 3.05) is 13.4 Å². The first-order valence-corrected chi connectivity index (χ1v) is 13.1. The number of nitro groups is 1. The molecule has 1 atom stereocenters. The van der Waals surface area contributed by atoms with E-state index in [9.17, 15) is 19.7 Å². The monoisotopic (exact) mass is 559 g/mol. The summed E-state index contributed by atoms with van der Waals surface area (Å²) in [6.07, 6.45) is 1.59. The third-order valence-corrected chi connectivity index (χ3v) is 7.45. The van der Waals surface area contributed by atoms with Crippen molar-refractivity contribution in [1.29, 1.82) is 0 Å². The number of rotatable bonds is 6. The fraction of sp³-hybridized carbons (Fsp3) is 0.179. The zero-order chi connectivity index (χ0) is 28.0. The number of hydrogen-bond donors (Lipinski definition) is 0. The Hall–Kier alpha value is -4.97. The van der Waals surface area contributed by atoms with Crippen LogP contribution >= 0.6 is 11.3 Å². The largest absolute Gasteiger partial charge is 0.463 e. The minimum atomic E-state index is -0.802. The third kappa shape index (κ3) is 4.37. The van der Waals surface area contributed by atoms with Crippen LogP contribution in [-0.2, 0) is 9.53 Å². The van der Waals surface area contributed by atoms with Crippen LogP contribution in [0.25, 0.3) is 17.4 Å². The zero-order valence-corrected chi connectivity index (χ0v) is 22.1. The molecule has 0 N–H and O–H groups in total. The maximum atomic E-state index is 13.8. The van der Waals surface area contributed by atoms with Crippen LogP contribution in [0.15, 0.2) is 80.1 Å². The molecule has 0 fully saturated rings. The molecule has 0 saturated heterocycles. The molecule has 0 saturated carbocycles. The lowest BCUT2D eigenvalue weighted by atomic mass is 9.95. The Morgan fingerprint density at radius 2 is 2.02 bits per heavy atom. The van der Waals surface area contributed by atoms with Crippen LogP contribution in [0, 0.1) is 10.1 Å². The van der Waals surface area contributed by atoms with Crippen LogP contribution in [0.5, 0.6) is 11.5 Å². The van der Waals surface area contributed by atoms with E-state index in [2.05, 4.69) is 4.99 Å². The number of allylic oxidation sites excluding steroid dienone is 1. The van der Waals surface area contributed by atoms with Gasteiger partial charge in [0.15, 0.2) is 16.3 Å². The Balaban J connectivity index is 1.46. The van der Waals surface area contributed by atoms with E-state index in [0.29, 0.717) is 49.2 Å². The number of carbonyl (C=O) groups excluding carboxylic acids is 1. The topological polar surface area (TPSA) is 135 Å². The molecular weight excluding hydrogens is 538 g/mol. The van der Waals surface area contributed by atoms with Crippen LogP contribution < -0.4 is 24.4 Å². The lowest BCUT2D eigenvalue weighted by molar-refractivity contribution is -0.384. The maximum Gasteiger partial charge on any atom is 0.338 e. The Labute approximate surface area is 230 Å². The van der Waals surface area contributed by atoms with E-state index in [-0.39, 0.29) is 30.2 Å². The van der Waals surface area contributed by atoms with Crippen LogP contribution in [-0.4, -0.2) is 28.9 Å². The van der Waals surface area contributed by atoms with Gasteiger partial charge in [0, 0.05) is 23.8 Å². The average molecular weight is 560 g/mol. The number of ether oxygens (including phenoxy) is 3. The summed E-state index contributed by atoms with van der Waals surface area (Å²) in [5.41, 5.74) is 1.45. The van der Waals surface area contributed by atoms with Gasteiger partial charge in [-0.25, -0.2) is 9.79 Å². The van der Waals surface area contributed by atoms with Gasteiger partial charge in [0.25, 0.3) is 11.2 Å². The highest BCUT2D eigenvalue weighted by Gasteiger charge is 2.34. The first kappa shape index (κ1) is 25.3. The van der Waals surface area contributed by atoms with Gasteiger partial charge in [-0.2, -0.15) is 0 Å². The van der Waals surface area contributed by atoms with E-state index in [1.807, 2.05) is 0 Å². The van der Waals surface area contributed by atoms with Gasteiger partial charge in [-0.15, -0.1) is 0 Å². The number of non-ortho nitro benzene ring substituents is 1. The van der Waals surface area contributed by atoms with Gasteiger partial charge in [-0.1, -0.05) is 29.5 Å². The van der Waals surface area contributed by atoms with Gasteiger partial charge in [0.1, 0.15) is 11.5 Å². The molecule has 11 nitrogen and oxygen atoms in total. The molecule has 4 aromatic rings. The quantitative estimate of drug-likeness (QED) is 0.198. The summed E-state index contributed by atoms with van der Waals surface area (Å²) in [6, 6.07) is 13.9. The average Bonchev–Trinajstić information content (AvgIpc) is 3.67. The molecular formula is C28H21N3O8S. The Bertz CT molecular complexity index is 1900. The molecule has 12 heteroatoms. The number of hydrogen-bond acceptors (Lipinski definition) is 10. The highest BCUT2D eigenvalue weighted by Crippen LogP contribution is 2.38. The van der Waals surface area contributed by atoms with Crippen LogP contribution in [0.4, 0.5) is 5.69 Å². The van der Waals surface area contributed by atoms with Crippen molar-refractivity contribution < 1.29 is 28.3 Å². The van der Waals surface area contributed by atoms with Crippen LogP contribution in [0.2, 0.25) is 0 Å². The molecule has 40 heavy (non-hydrogen) atoms. The number of aromatic nitrogens is 1. The molecule has 6 rings (SSSR count). The minimum Gasteiger partial charge on any atom is -0.463 e. The summed E-state index contributed by atoms with van der Waals surface area (Å²) in [7, 11) is 0. The summed E-state index contributed by atoms with van der Waals surface area (Å²) >= 11 is 1.16. The highest BCUT2D eigenvalue weighted by molar-refractivity contribution is 7.07. The molecule has 0 spiro atoms. The Morgan fingerprint density at radius 1 is 1.20 bits per heavy atom. The van der Waals surface area contributed by atoms with Crippen molar-refractivity contribution in [3.05, 3.63) is 107 Å². The molecule has 2 aliphatic rings. The second-order valence-corrected chi connectivity index (χ2v) is 9.93.